The molecular weight excluding hydrogens is 222 g/mol. The van der Waals surface area contributed by atoms with Gasteiger partial charge in [0.1, 0.15) is 11.6 Å². The molecule has 2 aliphatic rings. The molecule has 0 saturated carbocycles. The van der Waals surface area contributed by atoms with Crippen LogP contribution in [0, 0.1) is 0 Å². The van der Waals surface area contributed by atoms with Gasteiger partial charge in [-0.3, -0.25) is 4.79 Å². The molecule has 0 aromatic heterocycles. The van der Waals surface area contributed by atoms with Gasteiger partial charge in [-0.15, -0.1) is 0 Å². The van der Waals surface area contributed by atoms with Gasteiger partial charge in [-0.25, -0.2) is 4.79 Å². The minimum atomic E-state index is -0.997. The highest BCUT2D eigenvalue weighted by Crippen LogP contribution is 2.34. The summed E-state index contributed by atoms with van der Waals surface area (Å²) in [5.74, 6) is -1.02. The molecule has 5 nitrogen and oxygen atoms in total. The number of carboxylic acid groups (broad SMARTS) is 1. The molecule has 0 aromatic carbocycles. The minimum Gasteiger partial charge on any atom is -0.479 e. The number of carbonyl (C=O) groups is 2. The van der Waals surface area contributed by atoms with Crippen LogP contribution in [-0.4, -0.2) is 46.7 Å². The molecule has 0 spiro atoms. The summed E-state index contributed by atoms with van der Waals surface area (Å²) >= 11 is 0. The Kier molecular flexibility index (Phi) is 3.38. The van der Waals surface area contributed by atoms with E-state index < -0.39 is 17.6 Å². The van der Waals surface area contributed by atoms with Crippen LogP contribution in [0.25, 0.3) is 0 Å². The Morgan fingerprint density at radius 3 is 2.76 bits per heavy atom. The van der Waals surface area contributed by atoms with Crippen molar-refractivity contribution in [3.05, 3.63) is 0 Å². The van der Waals surface area contributed by atoms with Crippen molar-refractivity contribution in [3.63, 3.8) is 0 Å². The zero-order valence-electron chi connectivity index (χ0n) is 10.1. The van der Waals surface area contributed by atoms with Gasteiger partial charge in [0.25, 0.3) is 5.91 Å². The monoisotopic (exact) mass is 241 g/mol. The van der Waals surface area contributed by atoms with Crippen LogP contribution in [0.5, 0.6) is 0 Å². The number of amides is 1. The van der Waals surface area contributed by atoms with Gasteiger partial charge < -0.3 is 14.7 Å². The van der Waals surface area contributed by atoms with Gasteiger partial charge in [-0.2, -0.15) is 0 Å². The van der Waals surface area contributed by atoms with Gasteiger partial charge in [-0.1, -0.05) is 6.92 Å². The van der Waals surface area contributed by atoms with E-state index in [0.29, 0.717) is 26.0 Å². The van der Waals surface area contributed by atoms with Crippen molar-refractivity contribution in [3.8, 4) is 0 Å². The van der Waals surface area contributed by atoms with Crippen molar-refractivity contribution in [2.45, 2.75) is 50.7 Å². The van der Waals surface area contributed by atoms with Crippen LogP contribution in [0.15, 0.2) is 0 Å². The second kappa shape index (κ2) is 4.64. The zero-order valence-corrected chi connectivity index (χ0v) is 10.1. The van der Waals surface area contributed by atoms with E-state index in [1.54, 1.807) is 0 Å². The number of nitrogens with zero attached hydrogens (tertiary/aromatic N) is 1. The van der Waals surface area contributed by atoms with Gasteiger partial charge in [0.15, 0.2) is 0 Å². The maximum Gasteiger partial charge on any atom is 0.329 e. The molecule has 0 bridgehead atoms. The molecule has 2 saturated heterocycles. The highest BCUT2D eigenvalue weighted by atomic mass is 16.5. The average molecular weight is 241 g/mol. The molecule has 2 heterocycles. The molecule has 2 aliphatic heterocycles. The van der Waals surface area contributed by atoms with Crippen molar-refractivity contribution >= 4 is 11.9 Å². The number of hydrogen-bond acceptors (Lipinski definition) is 3. The normalized spacial score (nSPS) is 33.0. The highest BCUT2D eigenvalue weighted by Gasteiger charge is 2.50. The van der Waals surface area contributed by atoms with Crippen LogP contribution in [0.2, 0.25) is 0 Å². The largest absolute Gasteiger partial charge is 0.479 e. The Labute approximate surface area is 101 Å². The van der Waals surface area contributed by atoms with E-state index in [0.717, 1.165) is 19.3 Å². The fourth-order valence-electron chi connectivity index (χ4n) is 2.89. The Balaban J connectivity index is 2.18. The molecule has 1 N–H and O–H groups in total. The Bertz CT molecular complexity index is 324. The van der Waals surface area contributed by atoms with Crippen molar-refractivity contribution in [2.75, 3.05) is 13.2 Å². The van der Waals surface area contributed by atoms with Crippen molar-refractivity contribution in [2.24, 2.45) is 0 Å². The first kappa shape index (κ1) is 12.4. The van der Waals surface area contributed by atoms with E-state index in [-0.39, 0.29) is 5.91 Å². The number of aliphatic carboxylic acids is 1. The molecule has 5 heteroatoms. The topological polar surface area (TPSA) is 66.8 Å². The summed E-state index contributed by atoms with van der Waals surface area (Å²) in [6.07, 6.45) is 2.96. The van der Waals surface area contributed by atoms with Gasteiger partial charge in [0.2, 0.25) is 0 Å². The zero-order chi connectivity index (χ0) is 12.5. The molecule has 17 heavy (non-hydrogen) atoms. The first-order chi connectivity index (χ1) is 8.12. The third-order valence-electron chi connectivity index (χ3n) is 3.94. The van der Waals surface area contributed by atoms with Crippen LogP contribution in [0.4, 0.5) is 0 Å². The van der Waals surface area contributed by atoms with Gasteiger partial charge in [-0.05, 0) is 32.1 Å². The Hall–Kier alpha value is -1.10. The fraction of sp³-hybridized carbons (Fsp3) is 0.833. The second-order valence-electron chi connectivity index (χ2n) is 4.79. The third kappa shape index (κ3) is 1.92. The predicted molar refractivity (Wildman–Crippen MR) is 60.6 cm³/mol. The molecule has 0 aliphatic carbocycles. The van der Waals surface area contributed by atoms with E-state index in [9.17, 15) is 14.7 Å². The summed E-state index contributed by atoms with van der Waals surface area (Å²) in [7, 11) is 0. The second-order valence-corrected chi connectivity index (χ2v) is 4.79. The number of carboxylic acids is 1. The average Bonchev–Trinajstić information content (AvgIpc) is 2.97. The minimum absolute atomic E-state index is 0.135. The lowest BCUT2D eigenvalue weighted by Crippen LogP contribution is -2.55. The Morgan fingerprint density at radius 1 is 1.47 bits per heavy atom. The number of rotatable bonds is 3. The van der Waals surface area contributed by atoms with Crippen LogP contribution in [-0.2, 0) is 14.3 Å². The molecule has 2 atom stereocenters. The van der Waals surface area contributed by atoms with E-state index in [2.05, 4.69) is 0 Å². The number of hydrogen-bond donors (Lipinski definition) is 1. The SMILES string of the molecule is CCC1(C(=O)O)CCCN1C(=O)[C@@H]1CCCO1. The number of likely N-dealkylation sites (tertiary alicyclic amines) is 1. The summed E-state index contributed by atoms with van der Waals surface area (Å²) in [6.45, 7) is 2.98. The molecular formula is C12H19NO4. The van der Waals surface area contributed by atoms with Crippen LogP contribution >= 0.6 is 0 Å². The van der Waals surface area contributed by atoms with Crippen LogP contribution in [0.1, 0.15) is 39.0 Å². The third-order valence-corrected chi connectivity index (χ3v) is 3.94. The first-order valence-electron chi connectivity index (χ1n) is 6.28. The predicted octanol–water partition coefficient (Wildman–Crippen LogP) is 1.02. The number of ether oxygens (including phenoxy) is 1. The van der Waals surface area contributed by atoms with Crippen LogP contribution < -0.4 is 0 Å². The summed E-state index contributed by atoms with van der Waals surface area (Å²) in [5.41, 5.74) is -0.997. The summed E-state index contributed by atoms with van der Waals surface area (Å²) in [6, 6.07) is 0. The van der Waals surface area contributed by atoms with E-state index >= 15 is 0 Å². The van der Waals surface area contributed by atoms with E-state index in [1.807, 2.05) is 6.92 Å². The summed E-state index contributed by atoms with van der Waals surface area (Å²) in [4.78, 5) is 25.2. The van der Waals surface area contributed by atoms with Crippen LogP contribution in [0.3, 0.4) is 0 Å². The Morgan fingerprint density at radius 2 is 2.24 bits per heavy atom. The van der Waals surface area contributed by atoms with E-state index in [1.165, 1.54) is 4.90 Å². The molecule has 2 rings (SSSR count). The molecule has 96 valence electrons. The highest BCUT2D eigenvalue weighted by molar-refractivity contribution is 5.90. The van der Waals surface area contributed by atoms with E-state index in [4.69, 9.17) is 4.74 Å². The molecule has 1 unspecified atom stereocenters. The molecule has 0 radical (unpaired) electrons. The lowest BCUT2D eigenvalue weighted by atomic mass is 9.92. The maximum atomic E-state index is 12.3. The van der Waals surface area contributed by atoms with Gasteiger partial charge in [0, 0.05) is 13.2 Å². The lowest BCUT2D eigenvalue weighted by Gasteiger charge is -2.35. The first-order valence-corrected chi connectivity index (χ1v) is 6.28. The molecule has 1 amide bonds. The molecule has 0 aromatic rings. The fourth-order valence-corrected chi connectivity index (χ4v) is 2.89. The molecule has 2 fully saturated rings. The van der Waals surface area contributed by atoms with Crippen molar-refractivity contribution in [1.29, 1.82) is 0 Å². The number of carbonyl (C=O) groups excluding carboxylic acids is 1. The van der Waals surface area contributed by atoms with Crippen molar-refractivity contribution in [1.82, 2.24) is 4.90 Å². The maximum absolute atomic E-state index is 12.3. The summed E-state index contributed by atoms with van der Waals surface area (Å²) in [5, 5.41) is 9.39. The van der Waals surface area contributed by atoms with Gasteiger partial charge in [0.05, 0.1) is 0 Å². The van der Waals surface area contributed by atoms with Crippen molar-refractivity contribution < 1.29 is 19.4 Å². The quantitative estimate of drug-likeness (QED) is 0.801. The lowest BCUT2D eigenvalue weighted by molar-refractivity contribution is -0.160. The smallest absolute Gasteiger partial charge is 0.329 e. The summed E-state index contributed by atoms with van der Waals surface area (Å²) < 4.78 is 5.36. The standard InChI is InChI=1S/C12H19NO4/c1-2-12(11(15)16)6-4-7-13(12)10(14)9-5-3-8-17-9/h9H,2-8H2,1H3,(H,15,16)/t9-,12?/m0/s1. The van der Waals surface area contributed by atoms with Gasteiger partial charge >= 0.3 is 5.97 Å².